The van der Waals surface area contributed by atoms with Crippen LogP contribution in [0.4, 0.5) is 0 Å². The molecule has 21 heavy (non-hydrogen) atoms. The summed E-state index contributed by atoms with van der Waals surface area (Å²) < 4.78 is 5.28. The fourth-order valence-corrected chi connectivity index (χ4v) is 1.91. The van der Waals surface area contributed by atoms with Gasteiger partial charge in [-0.3, -0.25) is 0 Å². The maximum Gasteiger partial charge on any atom is 0.191 e. The number of aryl methyl sites for hydroxylation is 1. The lowest BCUT2D eigenvalue weighted by atomic mass is 10.1. The fourth-order valence-electron chi connectivity index (χ4n) is 1.91. The number of hydrogen-bond acceptors (Lipinski definition) is 2. The summed E-state index contributed by atoms with van der Waals surface area (Å²) in [5.41, 5.74) is 2.32. The average molecular weight is 291 g/mol. The highest BCUT2D eigenvalue weighted by atomic mass is 16.5. The van der Waals surface area contributed by atoms with E-state index < -0.39 is 0 Å². The Morgan fingerprint density at radius 1 is 1.29 bits per heavy atom. The van der Waals surface area contributed by atoms with Gasteiger partial charge >= 0.3 is 0 Å². The first kappa shape index (κ1) is 17.3. The van der Waals surface area contributed by atoms with Crippen LogP contribution < -0.4 is 15.4 Å². The van der Waals surface area contributed by atoms with E-state index in [1.165, 1.54) is 5.56 Å². The van der Waals surface area contributed by atoms with Crippen molar-refractivity contribution in [2.45, 2.75) is 47.2 Å². The van der Waals surface area contributed by atoms with Crippen LogP contribution in [0.1, 0.15) is 38.8 Å². The Bertz CT molecular complexity index is 469. The largest absolute Gasteiger partial charge is 0.496 e. The predicted molar refractivity (Wildman–Crippen MR) is 90.0 cm³/mol. The lowest BCUT2D eigenvalue weighted by Gasteiger charge is -2.20. The number of ether oxygens (including phenoxy) is 1. The van der Waals surface area contributed by atoms with Crippen LogP contribution in [0.15, 0.2) is 23.2 Å². The second kappa shape index (κ2) is 8.55. The summed E-state index contributed by atoms with van der Waals surface area (Å²) in [4.78, 5) is 4.66. The van der Waals surface area contributed by atoms with E-state index in [9.17, 15) is 0 Å². The molecule has 0 fully saturated rings. The van der Waals surface area contributed by atoms with Crippen molar-refractivity contribution in [2.75, 3.05) is 13.7 Å². The van der Waals surface area contributed by atoms with Gasteiger partial charge in [-0.2, -0.15) is 0 Å². The molecule has 0 aliphatic carbocycles. The van der Waals surface area contributed by atoms with E-state index in [4.69, 9.17) is 4.74 Å². The van der Waals surface area contributed by atoms with E-state index in [0.717, 1.165) is 23.8 Å². The third kappa shape index (κ3) is 5.66. The van der Waals surface area contributed by atoms with Gasteiger partial charge < -0.3 is 15.4 Å². The molecule has 0 aliphatic heterocycles. The highest BCUT2D eigenvalue weighted by Gasteiger charge is 2.08. The third-order valence-corrected chi connectivity index (χ3v) is 3.59. The van der Waals surface area contributed by atoms with Crippen molar-refractivity contribution in [3.63, 3.8) is 0 Å². The second-order valence-corrected chi connectivity index (χ2v) is 5.68. The van der Waals surface area contributed by atoms with E-state index in [2.05, 4.69) is 62.4 Å². The molecule has 0 spiro atoms. The van der Waals surface area contributed by atoms with Crippen molar-refractivity contribution < 1.29 is 4.74 Å². The fraction of sp³-hybridized carbons (Fsp3) is 0.588. The third-order valence-electron chi connectivity index (χ3n) is 3.59. The minimum Gasteiger partial charge on any atom is -0.496 e. The number of rotatable bonds is 6. The maximum atomic E-state index is 5.28. The van der Waals surface area contributed by atoms with Crippen molar-refractivity contribution >= 4 is 5.96 Å². The minimum absolute atomic E-state index is 0.389. The molecule has 0 bridgehead atoms. The number of aliphatic imine (C=N–C) groups is 1. The van der Waals surface area contributed by atoms with Crippen LogP contribution >= 0.6 is 0 Å². The summed E-state index contributed by atoms with van der Waals surface area (Å²) in [6.07, 6.45) is 0. The molecular weight excluding hydrogens is 262 g/mol. The average Bonchev–Trinajstić information content (AvgIpc) is 2.45. The summed E-state index contributed by atoms with van der Waals surface area (Å²) in [6, 6.07) is 6.57. The van der Waals surface area contributed by atoms with Crippen molar-refractivity contribution in [3.05, 3.63) is 29.3 Å². The van der Waals surface area contributed by atoms with Gasteiger partial charge in [0.25, 0.3) is 0 Å². The first-order chi connectivity index (χ1) is 9.97. The molecule has 2 N–H and O–H groups in total. The highest BCUT2D eigenvalue weighted by molar-refractivity contribution is 5.80. The molecule has 0 aromatic heterocycles. The molecule has 4 heteroatoms. The standard InChI is InChI=1S/C17H29N3O/c1-7-18-17(20-14(5)12(2)3)19-11-15-8-9-16(21-6)13(4)10-15/h8-10,12,14H,7,11H2,1-6H3,(H2,18,19,20). The van der Waals surface area contributed by atoms with E-state index in [1.807, 2.05) is 6.07 Å². The SMILES string of the molecule is CCNC(=NCc1ccc(OC)c(C)c1)NC(C)C(C)C. The molecule has 1 aromatic carbocycles. The first-order valence-electron chi connectivity index (χ1n) is 7.66. The van der Waals surface area contributed by atoms with Crippen LogP contribution in [0, 0.1) is 12.8 Å². The number of hydrogen-bond donors (Lipinski definition) is 2. The number of nitrogens with zero attached hydrogens (tertiary/aromatic N) is 1. The lowest BCUT2D eigenvalue weighted by Crippen LogP contribution is -2.44. The number of benzene rings is 1. The van der Waals surface area contributed by atoms with Crippen LogP contribution in [0.25, 0.3) is 0 Å². The Kier molecular flexibility index (Phi) is 7.06. The molecule has 0 radical (unpaired) electrons. The molecule has 1 atom stereocenters. The Morgan fingerprint density at radius 2 is 2.00 bits per heavy atom. The molecule has 0 amide bonds. The normalized spacial score (nSPS) is 13.2. The molecule has 0 saturated heterocycles. The van der Waals surface area contributed by atoms with E-state index in [1.54, 1.807) is 7.11 Å². The summed E-state index contributed by atoms with van der Waals surface area (Å²) in [6.45, 7) is 12.2. The van der Waals surface area contributed by atoms with E-state index in [-0.39, 0.29) is 0 Å². The molecule has 1 unspecified atom stereocenters. The van der Waals surface area contributed by atoms with Crippen LogP contribution in [-0.2, 0) is 6.54 Å². The van der Waals surface area contributed by atoms with E-state index in [0.29, 0.717) is 18.5 Å². The Hall–Kier alpha value is -1.71. The molecule has 0 aliphatic rings. The van der Waals surface area contributed by atoms with E-state index >= 15 is 0 Å². The van der Waals surface area contributed by atoms with Gasteiger partial charge in [-0.1, -0.05) is 26.0 Å². The summed E-state index contributed by atoms with van der Waals surface area (Å²) in [5.74, 6) is 2.35. The van der Waals surface area contributed by atoms with Crippen LogP contribution in [0.3, 0.4) is 0 Å². The number of guanidine groups is 1. The number of nitrogens with one attached hydrogen (secondary N) is 2. The first-order valence-corrected chi connectivity index (χ1v) is 7.66. The molecule has 0 saturated carbocycles. The van der Waals surface area contributed by atoms with Crippen LogP contribution in [0.2, 0.25) is 0 Å². The maximum absolute atomic E-state index is 5.28. The van der Waals surface area contributed by atoms with Crippen molar-refractivity contribution in [1.29, 1.82) is 0 Å². The molecular formula is C17H29N3O. The predicted octanol–water partition coefficient (Wildman–Crippen LogP) is 3.10. The van der Waals surface area contributed by atoms with Gasteiger partial charge in [-0.15, -0.1) is 0 Å². The van der Waals surface area contributed by atoms with Gasteiger partial charge in [0.1, 0.15) is 5.75 Å². The molecule has 118 valence electrons. The molecule has 0 heterocycles. The monoisotopic (exact) mass is 291 g/mol. The Balaban J connectivity index is 2.75. The van der Waals surface area contributed by atoms with Gasteiger partial charge in [0.05, 0.1) is 13.7 Å². The zero-order valence-electron chi connectivity index (χ0n) is 14.2. The molecule has 1 rings (SSSR count). The Morgan fingerprint density at radius 3 is 2.52 bits per heavy atom. The Labute approximate surface area is 129 Å². The van der Waals surface area contributed by atoms with Crippen LogP contribution in [0.5, 0.6) is 5.75 Å². The topological polar surface area (TPSA) is 45.7 Å². The smallest absolute Gasteiger partial charge is 0.191 e. The lowest BCUT2D eigenvalue weighted by molar-refractivity contribution is 0.411. The van der Waals surface area contributed by atoms with Crippen molar-refractivity contribution in [1.82, 2.24) is 10.6 Å². The summed E-state index contributed by atoms with van der Waals surface area (Å²) in [7, 11) is 1.70. The number of methoxy groups -OCH3 is 1. The highest BCUT2D eigenvalue weighted by Crippen LogP contribution is 2.18. The van der Waals surface area contributed by atoms with Gasteiger partial charge in [0.15, 0.2) is 5.96 Å². The van der Waals surface area contributed by atoms with Crippen molar-refractivity contribution in [2.24, 2.45) is 10.9 Å². The zero-order valence-corrected chi connectivity index (χ0v) is 14.2. The molecule has 4 nitrogen and oxygen atoms in total. The van der Waals surface area contributed by atoms with Crippen molar-refractivity contribution in [3.8, 4) is 5.75 Å². The summed E-state index contributed by atoms with van der Waals surface area (Å²) >= 11 is 0. The molecule has 1 aromatic rings. The summed E-state index contributed by atoms with van der Waals surface area (Å²) in [5, 5.41) is 6.73. The zero-order chi connectivity index (χ0) is 15.8. The van der Waals surface area contributed by atoms with Gasteiger partial charge in [-0.05, 0) is 43.9 Å². The minimum atomic E-state index is 0.389. The van der Waals surface area contributed by atoms with Gasteiger partial charge in [-0.25, -0.2) is 4.99 Å². The van der Waals surface area contributed by atoms with Gasteiger partial charge in [0.2, 0.25) is 0 Å². The van der Waals surface area contributed by atoms with Crippen LogP contribution in [-0.4, -0.2) is 25.7 Å². The second-order valence-electron chi connectivity index (χ2n) is 5.68. The quantitative estimate of drug-likeness (QED) is 0.625. The van der Waals surface area contributed by atoms with Gasteiger partial charge in [0, 0.05) is 12.6 Å².